The lowest BCUT2D eigenvalue weighted by Gasteiger charge is -2.24. The zero-order valence-corrected chi connectivity index (χ0v) is 10.4. The molecule has 2 N–H and O–H groups in total. The van der Waals surface area contributed by atoms with Crippen molar-refractivity contribution in [2.75, 3.05) is 6.54 Å². The molecule has 1 aliphatic rings. The molecule has 0 saturated heterocycles. The molecule has 3 unspecified atom stereocenters. The first-order chi connectivity index (χ1) is 7.24. The van der Waals surface area contributed by atoms with Crippen molar-refractivity contribution < 1.29 is 0 Å². The summed E-state index contributed by atoms with van der Waals surface area (Å²) in [5.74, 6) is 2.47. The van der Waals surface area contributed by atoms with Crippen LogP contribution < -0.4 is 5.73 Å². The van der Waals surface area contributed by atoms with Gasteiger partial charge in [-0.05, 0) is 50.0 Å². The smallest absolute Gasteiger partial charge is 0.00515 e. The van der Waals surface area contributed by atoms with Crippen LogP contribution in [-0.2, 0) is 0 Å². The molecule has 1 nitrogen and oxygen atoms in total. The van der Waals surface area contributed by atoms with E-state index < -0.39 is 0 Å². The second-order valence-electron chi connectivity index (χ2n) is 5.27. The van der Waals surface area contributed by atoms with E-state index in [1.807, 2.05) is 0 Å². The molecule has 1 heteroatoms. The van der Waals surface area contributed by atoms with E-state index in [0.29, 0.717) is 5.92 Å². The molecular weight excluding hydrogens is 182 g/mol. The molecule has 15 heavy (non-hydrogen) atoms. The van der Waals surface area contributed by atoms with Crippen molar-refractivity contribution in [3.05, 3.63) is 12.2 Å². The monoisotopic (exact) mass is 209 g/mol. The van der Waals surface area contributed by atoms with Gasteiger partial charge in [-0.15, -0.1) is 0 Å². The van der Waals surface area contributed by atoms with Gasteiger partial charge in [0.15, 0.2) is 0 Å². The van der Waals surface area contributed by atoms with Gasteiger partial charge < -0.3 is 5.73 Å². The molecule has 0 aliphatic heterocycles. The first kappa shape index (κ1) is 12.8. The van der Waals surface area contributed by atoms with Gasteiger partial charge in [-0.25, -0.2) is 0 Å². The number of allylic oxidation sites excluding steroid dienone is 2. The predicted molar refractivity (Wildman–Crippen MR) is 67.7 cm³/mol. The Labute approximate surface area is 95.1 Å². The topological polar surface area (TPSA) is 26.0 Å². The average Bonchev–Trinajstić information content (AvgIpc) is 2.26. The van der Waals surface area contributed by atoms with Gasteiger partial charge in [-0.1, -0.05) is 38.8 Å². The molecule has 0 aromatic rings. The lowest BCUT2D eigenvalue weighted by molar-refractivity contribution is 0.350. The summed E-state index contributed by atoms with van der Waals surface area (Å²) in [4.78, 5) is 0. The Balaban J connectivity index is 2.09. The van der Waals surface area contributed by atoms with Gasteiger partial charge in [-0.2, -0.15) is 0 Å². The summed E-state index contributed by atoms with van der Waals surface area (Å²) in [5.41, 5.74) is 5.61. The summed E-state index contributed by atoms with van der Waals surface area (Å²) in [7, 11) is 0. The van der Waals surface area contributed by atoms with Gasteiger partial charge in [0.1, 0.15) is 0 Å². The zero-order valence-electron chi connectivity index (χ0n) is 10.4. The first-order valence-electron chi connectivity index (χ1n) is 6.60. The summed E-state index contributed by atoms with van der Waals surface area (Å²) in [5, 5.41) is 0. The van der Waals surface area contributed by atoms with Crippen LogP contribution in [0.1, 0.15) is 52.4 Å². The van der Waals surface area contributed by atoms with Crippen LogP contribution in [-0.4, -0.2) is 6.54 Å². The van der Waals surface area contributed by atoms with Crippen LogP contribution in [0.15, 0.2) is 12.2 Å². The third-order valence-electron chi connectivity index (χ3n) is 3.79. The minimum absolute atomic E-state index is 0.712. The SMILES string of the molecule is CC(CN)CCCCC1C=CCCC1C. The fraction of sp³-hybridized carbons (Fsp3) is 0.857. The van der Waals surface area contributed by atoms with E-state index in [2.05, 4.69) is 26.0 Å². The Hall–Kier alpha value is -0.300. The molecule has 0 saturated carbocycles. The largest absolute Gasteiger partial charge is 0.330 e. The molecule has 0 spiro atoms. The van der Waals surface area contributed by atoms with E-state index in [0.717, 1.165) is 18.4 Å². The Morgan fingerprint density at radius 3 is 2.87 bits per heavy atom. The van der Waals surface area contributed by atoms with E-state index in [-0.39, 0.29) is 0 Å². The van der Waals surface area contributed by atoms with Crippen LogP contribution in [0.5, 0.6) is 0 Å². The molecule has 0 heterocycles. The summed E-state index contributed by atoms with van der Waals surface area (Å²) in [6.07, 6.45) is 12.9. The van der Waals surface area contributed by atoms with Crippen molar-refractivity contribution in [1.29, 1.82) is 0 Å². The van der Waals surface area contributed by atoms with E-state index in [1.165, 1.54) is 38.5 Å². The van der Waals surface area contributed by atoms with Crippen LogP contribution >= 0.6 is 0 Å². The fourth-order valence-corrected chi connectivity index (χ4v) is 2.41. The van der Waals surface area contributed by atoms with Gasteiger partial charge in [0, 0.05) is 0 Å². The third kappa shape index (κ3) is 4.83. The maximum atomic E-state index is 5.61. The van der Waals surface area contributed by atoms with E-state index in [4.69, 9.17) is 5.73 Å². The standard InChI is InChI=1S/C14H27N/c1-12(11-15)7-3-5-9-14-10-6-4-8-13(14)2/h6,10,12-14H,3-5,7-9,11,15H2,1-2H3. The third-order valence-corrected chi connectivity index (χ3v) is 3.79. The number of rotatable bonds is 6. The molecule has 0 bridgehead atoms. The van der Waals surface area contributed by atoms with Crippen molar-refractivity contribution >= 4 is 0 Å². The number of hydrogen-bond donors (Lipinski definition) is 1. The summed E-state index contributed by atoms with van der Waals surface area (Å²) >= 11 is 0. The molecule has 1 aliphatic carbocycles. The molecule has 1 rings (SSSR count). The van der Waals surface area contributed by atoms with Gasteiger partial charge in [0.2, 0.25) is 0 Å². The van der Waals surface area contributed by atoms with Crippen LogP contribution in [0.25, 0.3) is 0 Å². The average molecular weight is 209 g/mol. The van der Waals surface area contributed by atoms with E-state index >= 15 is 0 Å². The van der Waals surface area contributed by atoms with Gasteiger partial charge in [-0.3, -0.25) is 0 Å². The van der Waals surface area contributed by atoms with Crippen molar-refractivity contribution in [1.82, 2.24) is 0 Å². The molecule has 0 aromatic heterocycles. The van der Waals surface area contributed by atoms with Crippen LogP contribution in [0.2, 0.25) is 0 Å². The number of nitrogens with two attached hydrogens (primary N) is 1. The zero-order chi connectivity index (χ0) is 11.1. The summed E-state index contributed by atoms with van der Waals surface area (Å²) in [6, 6.07) is 0. The minimum Gasteiger partial charge on any atom is -0.330 e. The molecule has 3 atom stereocenters. The highest BCUT2D eigenvalue weighted by Crippen LogP contribution is 2.28. The molecular formula is C14H27N. The van der Waals surface area contributed by atoms with Gasteiger partial charge in [0.25, 0.3) is 0 Å². The van der Waals surface area contributed by atoms with E-state index in [1.54, 1.807) is 0 Å². The Kier molecular flexibility index (Phi) is 6.00. The van der Waals surface area contributed by atoms with Gasteiger partial charge >= 0.3 is 0 Å². The Morgan fingerprint density at radius 2 is 2.20 bits per heavy atom. The van der Waals surface area contributed by atoms with Crippen LogP contribution in [0, 0.1) is 17.8 Å². The van der Waals surface area contributed by atoms with Crippen molar-refractivity contribution in [3.8, 4) is 0 Å². The van der Waals surface area contributed by atoms with Crippen molar-refractivity contribution in [2.24, 2.45) is 23.5 Å². The number of hydrogen-bond acceptors (Lipinski definition) is 1. The highest BCUT2D eigenvalue weighted by Gasteiger charge is 2.16. The second kappa shape index (κ2) is 7.05. The van der Waals surface area contributed by atoms with Crippen molar-refractivity contribution in [3.63, 3.8) is 0 Å². The lowest BCUT2D eigenvalue weighted by atomic mass is 9.82. The van der Waals surface area contributed by atoms with Crippen LogP contribution in [0.4, 0.5) is 0 Å². The Morgan fingerprint density at radius 1 is 1.40 bits per heavy atom. The van der Waals surface area contributed by atoms with Crippen molar-refractivity contribution in [2.45, 2.75) is 52.4 Å². The highest BCUT2D eigenvalue weighted by molar-refractivity contribution is 4.95. The highest BCUT2D eigenvalue weighted by atomic mass is 14.5. The summed E-state index contributed by atoms with van der Waals surface area (Å²) in [6.45, 7) is 5.50. The van der Waals surface area contributed by atoms with Crippen LogP contribution in [0.3, 0.4) is 0 Å². The number of unbranched alkanes of at least 4 members (excludes halogenated alkanes) is 1. The molecule has 0 aromatic carbocycles. The Bertz CT molecular complexity index is 186. The maximum Gasteiger partial charge on any atom is -0.00515 e. The fourth-order valence-electron chi connectivity index (χ4n) is 2.41. The first-order valence-corrected chi connectivity index (χ1v) is 6.60. The van der Waals surface area contributed by atoms with Gasteiger partial charge in [0.05, 0.1) is 0 Å². The normalized spacial score (nSPS) is 27.9. The quantitative estimate of drug-likeness (QED) is 0.523. The molecule has 88 valence electrons. The predicted octanol–water partition coefficient (Wildman–Crippen LogP) is 3.74. The molecule has 0 fully saturated rings. The summed E-state index contributed by atoms with van der Waals surface area (Å²) < 4.78 is 0. The minimum atomic E-state index is 0.712. The molecule has 0 radical (unpaired) electrons. The maximum absolute atomic E-state index is 5.61. The molecule has 0 amide bonds. The lowest BCUT2D eigenvalue weighted by Crippen LogP contribution is -2.13. The van der Waals surface area contributed by atoms with E-state index in [9.17, 15) is 0 Å². The second-order valence-corrected chi connectivity index (χ2v) is 5.27.